The maximum Gasteiger partial charge on any atom is 0.251 e. The molecule has 6 nitrogen and oxygen atoms in total. The predicted molar refractivity (Wildman–Crippen MR) is 88.1 cm³/mol. The normalized spacial score (nSPS) is 10.3. The van der Waals surface area contributed by atoms with E-state index in [0.717, 1.165) is 11.1 Å². The van der Waals surface area contributed by atoms with E-state index in [9.17, 15) is 9.59 Å². The highest BCUT2D eigenvalue weighted by Gasteiger charge is 2.07. The lowest BCUT2D eigenvalue weighted by Crippen LogP contribution is -2.22. The van der Waals surface area contributed by atoms with E-state index in [1.807, 2.05) is 0 Å². The molecule has 0 spiro atoms. The first-order valence-electron chi connectivity index (χ1n) is 7.29. The molecule has 3 rings (SSSR count). The minimum atomic E-state index is -0.475. The minimum absolute atomic E-state index is 0.182. The van der Waals surface area contributed by atoms with Crippen molar-refractivity contribution >= 4 is 11.8 Å². The first-order chi connectivity index (χ1) is 11.6. The van der Waals surface area contributed by atoms with Gasteiger partial charge in [-0.25, -0.2) is 4.98 Å². The van der Waals surface area contributed by atoms with Crippen LogP contribution in [0.25, 0.3) is 11.3 Å². The summed E-state index contributed by atoms with van der Waals surface area (Å²) < 4.78 is 5.21. The van der Waals surface area contributed by atoms with Crippen LogP contribution in [0.5, 0.6) is 0 Å². The molecule has 3 N–H and O–H groups in total. The Morgan fingerprint density at radius 3 is 2.25 bits per heavy atom. The van der Waals surface area contributed by atoms with Gasteiger partial charge in [0.25, 0.3) is 5.91 Å². The van der Waals surface area contributed by atoms with E-state index in [1.54, 1.807) is 54.7 Å². The van der Waals surface area contributed by atoms with Crippen LogP contribution in [0.2, 0.25) is 0 Å². The summed E-state index contributed by atoms with van der Waals surface area (Å²) in [6, 6.07) is 13.8. The Balaban J connectivity index is 1.61. The highest BCUT2D eigenvalue weighted by Crippen LogP contribution is 2.18. The number of aromatic nitrogens is 1. The number of amides is 2. The van der Waals surface area contributed by atoms with Crippen molar-refractivity contribution in [2.75, 3.05) is 0 Å². The van der Waals surface area contributed by atoms with Gasteiger partial charge >= 0.3 is 0 Å². The number of primary amides is 1. The molecule has 6 heteroatoms. The first-order valence-corrected chi connectivity index (χ1v) is 7.29. The fourth-order valence-electron chi connectivity index (χ4n) is 2.22. The van der Waals surface area contributed by atoms with E-state index < -0.39 is 5.91 Å². The lowest BCUT2D eigenvalue weighted by atomic mass is 10.1. The molecule has 120 valence electrons. The Morgan fingerprint density at radius 2 is 1.67 bits per heavy atom. The van der Waals surface area contributed by atoms with Crippen LogP contribution >= 0.6 is 0 Å². The van der Waals surface area contributed by atoms with Gasteiger partial charge in [-0.1, -0.05) is 24.3 Å². The van der Waals surface area contributed by atoms with Gasteiger partial charge in [0, 0.05) is 23.2 Å². The number of nitrogens with zero attached hydrogens (tertiary/aromatic N) is 1. The maximum atomic E-state index is 12.2. The van der Waals surface area contributed by atoms with Crippen LogP contribution in [0.15, 0.2) is 65.5 Å². The summed E-state index contributed by atoms with van der Waals surface area (Å²) in [5.41, 5.74) is 7.91. The zero-order valence-electron chi connectivity index (χ0n) is 12.7. The molecule has 0 unspecified atom stereocenters. The van der Waals surface area contributed by atoms with Crippen molar-refractivity contribution < 1.29 is 14.0 Å². The summed E-state index contributed by atoms with van der Waals surface area (Å²) in [7, 11) is 0. The number of rotatable bonds is 5. The fraction of sp³-hybridized carbons (Fsp3) is 0.0556. The summed E-state index contributed by atoms with van der Waals surface area (Å²) in [6.07, 6.45) is 2.98. The van der Waals surface area contributed by atoms with E-state index in [0.29, 0.717) is 23.4 Å². The van der Waals surface area contributed by atoms with Crippen molar-refractivity contribution in [2.45, 2.75) is 6.54 Å². The molecule has 0 aliphatic heterocycles. The summed E-state index contributed by atoms with van der Waals surface area (Å²) in [4.78, 5) is 27.0. The molecule has 0 aliphatic carbocycles. The second-order valence-electron chi connectivity index (χ2n) is 5.19. The Morgan fingerprint density at radius 1 is 1.00 bits per heavy atom. The van der Waals surface area contributed by atoms with Crippen LogP contribution in [0.3, 0.4) is 0 Å². The maximum absolute atomic E-state index is 12.2. The zero-order valence-corrected chi connectivity index (χ0v) is 12.7. The molecular weight excluding hydrogens is 306 g/mol. The molecule has 0 fully saturated rings. The highest BCUT2D eigenvalue weighted by atomic mass is 16.3. The van der Waals surface area contributed by atoms with Gasteiger partial charge in [0.05, 0.1) is 6.20 Å². The molecule has 24 heavy (non-hydrogen) atoms. The van der Waals surface area contributed by atoms with Crippen molar-refractivity contribution in [1.29, 1.82) is 0 Å². The number of benzene rings is 2. The summed E-state index contributed by atoms with van der Waals surface area (Å²) in [5, 5.41) is 2.83. The zero-order chi connectivity index (χ0) is 16.9. The minimum Gasteiger partial charge on any atom is -0.444 e. The van der Waals surface area contributed by atoms with Crippen molar-refractivity contribution in [1.82, 2.24) is 10.3 Å². The summed E-state index contributed by atoms with van der Waals surface area (Å²) in [5.74, 6) is -0.00738. The van der Waals surface area contributed by atoms with Gasteiger partial charge in [0.15, 0.2) is 12.2 Å². The van der Waals surface area contributed by atoms with Gasteiger partial charge in [0.2, 0.25) is 5.91 Å². The van der Waals surface area contributed by atoms with Crippen LogP contribution in [0.4, 0.5) is 0 Å². The molecule has 0 bridgehead atoms. The number of carbonyl (C=O) groups is 2. The quantitative estimate of drug-likeness (QED) is 0.753. The van der Waals surface area contributed by atoms with Crippen molar-refractivity contribution in [3.63, 3.8) is 0 Å². The van der Waals surface area contributed by atoms with Gasteiger partial charge in [-0.15, -0.1) is 0 Å². The smallest absolute Gasteiger partial charge is 0.251 e. The average molecular weight is 321 g/mol. The molecule has 0 saturated heterocycles. The summed E-state index contributed by atoms with van der Waals surface area (Å²) >= 11 is 0. The molecule has 0 aliphatic rings. The highest BCUT2D eigenvalue weighted by molar-refractivity contribution is 5.94. The largest absolute Gasteiger partial charge is 0.444 e. The molecule has 1 heterocycles. The van der Waals surface area contributed by atoms with Crippen LogP contribution in [0, 0.1) is 0 Å². The van der Waals surface area contributed by atoms with Crippen LogP contribution in [0.1, 0.15) is 26.3 Å². The monoisotopic (exact) mass is 321 g/mol. The van der Waals surface area contributed by atoms with E-state index in [1.165, 1.54) is 6.39 Å². The standard InChI is InChI=1S/C18H15N3O3/c19-17(22)14-3-1-12(2-4-14)9-21-18(23)15-7-5-13(6-8-15)16-10-20-11-24-16/h1-8,10-11H,9H2,(H2,19,22)(H,21,23). The Kier molecular flexibility index (Phi) is 4.38. The lowest BCUT2D eigenvalue weighted by Gasteiger charge is -2.06. The summed E-state index contributed by atoms with van der Waals surface area (Å²) in [6.45, 7) is 0.363. The van der Waals surface area contributed by atoms with E-state index in [4.69, 9.17) is 10.2 Å². The van der Waals surface area contributed by atoms with Gasteiger partial charge < -0.3 is 15.5 Å². The van der Waals surface area contributed by atoms with Crippen LogP contribution < -0.4 is 11.1 Å². The van der Waals surface area contributed by atoms with Crippen molar-refractivity contribution in [3.05, 3.63) is 77.8 Å². The van der Waals surface area contributed by atoms with Gasteiger partial charge in [0.1, 0.15) is 0 Å². The molecule has 0 atom stereocenters. The Bertz CT molecular complexity index is 838. The van der Waals surface area contributed by atoms with E-state index in [-0.39, 0.29) is 5.91 Å². The Hall–Kier alpha value is -3.41. The lowest BCUT2D eigenvalue weighted by molar-refractivity contribution is 0.0949. The van der Waals surface area contributed by atoms with Gasteiger partial charge in [-0.05, 0) is 29.8 Å². The molecular formula is C18H15N3O3. The average Bonchev–Trinajstić information content (AvgIpc) is 3.15. The second kappa shape index (κ2) is 6.78. The fourth-order valence-corrected chi connectivity index (χ4v) is 2.22. The van der Waals surface area contributed by atoms with E-state index >= 15 is 0 Å². The molecule has 1 aromatic heterocycles. The number of oxazole rings is 1. The Labute approximate surface area is 138 Å². The number of nitrogens with one attached hydrogen (secondary N) is 1. The SMILES string of the molecule is NC(=O)c1ccc(CNC(=O)c2ccc(-c3cnco3)cc2)cc1. The predicted octanol–water partition coefficient (Wildman–Crippen LogP) is 2.37. The number of hydrogen-bond donors (Lipinski definition) is 2. The van der Waals surface area contributed by atoms with Crippen LogP contribution in [-0.4, -0.2) is 16.8 Å². The topological polar surface area (TPSA) is 98.2 Å². The first kappa shape index (κ1) is 15.5. The molecule has 0 saturated carbocycles. The third-order valence-corrected chi connectivity index (χ3v) is 3.56. The molecule has 2 amide bonds. The van der Waals surface area contributed by atoms with Crippen LogP contribution in [-0.2, 0) is 6.54 Å². The molecule has 3 aromatic rings. The van der Waals surface area contributed by atoms with Crippen molar-refractivity contribution in [3.8, 4) is 11.3 Å². The van der Waals surface area contributed by atoms with Gasteiger partial charge in [-0.2, -0.15) is 0 Å². The van der Waals surface area contributed by atoms with E-state index in [2.05, 4.69) is 10.3 Å². The van der Waals surface area contributed by atoms with Crippen molar-refractivity contribution in [2.24, 2.45) is 5.73 Å². The number of carbonyl (C=O) groups excluding carboxylic acids is 2. The second-order valence-corrected chi connectivity index (χ2v) is 5.19. The number of nitrogens with two attached hydrogens (primary N) is 1. The number of hydrogen-bond acceptors (Lipinski definition) is 4. The third-order valence-electron chi connectivity index (χ3n) is 3.56. The van der Waals surface area contributed by atoms with Gasteiger partial charge in [-0.3, -0.25) is 9.59 Å². The molecule has 2 aromatic carbocycles. The molecule has 0 radical (unpaired) electrons. The third kappa shape index (κ3) is 3.49.